The number of benzene rings is 2. The summed E-state index contributed by atoms with van der Waals surface area (Å²) in [6.45, 7) is 8.63. The number of alkyl halides is 4. The Kier molecular flexibility index (Phi) is 50.3. The highest BCUT2D eigenvalue weighted by atomic mass is 35.5. The summed E-state index contributed by atoms with van der Waals surface area (Å²) in [4.78, 5) is 78.4. The summed E-state index contributed by atoms with van der Waals surface area (Å²) in [5.41, 5.74) is 15.0. The van der Waals surface area contributed by atoms with E-state index >= 15 is 0 Å². The number of aromatic nitrogens is 8. The zero-order chi connectivity index (χ0) is 80.8. The molecule has 3 aromatic heterocycles. The summed E-state index contributed by atoms with van der Waals surface area (Å²) in [6.07, 6.45) is 6.68. The van der Waals surface area contributed by atoms with E-state index in [9.17, 15) is 35.8 Å². The number of unbranched alkanes of at least 4 members (excludes halogenated alkanes) is 1. The fourth-order valence-corrected chi connectivity index (χ4v) is 11.5. The van der Waals surface area contributed by atoms with Gasteiger partial charge in [0, 0.05) is 185 Å². The lowest BCUT2D eigenvalue weighted by Crippen LogP contribution is -2.36. The summed E-state index contributed by atoms with van der Waals surface area (Å²) in [5.74, 6) is 4.86. The SMILES string of the molecule is CN(C)/N=N/c1[nH]cnc1C(N)=O.CN(C)c1nc(N(C)C)nc(N(C)C)n1.CN(C)c1nc(N(C)C)nc(N(C)C)n1.CNNCc1ccc(C(=O)NC(C)C)cc1.CS(=O)(=O)OCCCCOS(C)(=O)=O.O=C(O)CCCc1ccc(N(CCCl)CCCl)cc1.O=P1(NCCCl)OCCCN1CCCl. The van der Waals surface area contributed by atoms with Crippen LogP contribution in [0.25, 0.3) is 0 Å². The van der Waals surface area contributed by atoms with Crippen LogP contribution >= 0.6 is 54.1 Å². The smallest absolute Gasteiger partial charge is 0.343 e. The number of rotatable bonds is 35. The van der Waals surface area contributed by atoms with Crippen LogP contribution in [0.3, 0.4) is 0 Å². The number of nitrogens with two attached hydrogens (primary N) is 1. The van der Waals surface area contributed by atoms with Gasteiger partial charge in [0.15, 0.2) is 11.5 Å². The molecular formula is C63H113Cl4N24O12PS2. The molecule has 0 aliphatic carbocycles. The van der Waals surface area contributed by atoms with Crippen molar-refractivity contribution in [2.24, 2.45) is 16.1 Å². The number of carboxylic acid groups (broad SMARTS) is 1. The first-order chi connectivity index (χ1) is 49.7. The second-order valence-corrected chi connectivity index (χ2v) is 31.2. The molecule has 0 saturated carbocycles. The minimum absolute atomic E-state index is 0.0249. The standard InChI is InChI=1S/C14H19Cl2NO2.C12H19N3O.2C9H18N6.C7H15Cl2N2O2P.C6H10N6O.C6H14O6S2/c15-8-10-17(11-9-16)13-6-4-12(5-7-13)2-1-3-14(18)19;1-9(2)15-12(16)11-6-4-10(5-7-11)8-14-13-3;2*1-13(2)7-10-8(14(3)4)12-9(11-7)15(5)6;8-2-4-10-14(12)11(6-3-9)5-1-7-13-14;1-12(2)11-10-6-4(5(7)13)8-3-9-6;1-13(7,8)11-5-3-4-6-12-14(2,9)10/h4-7H,1-3,8-11H2,(H,18,19);4-7,9,13-14H,8H2,1-3H3,(H,15,16);2*1-6H3;1-7H2,(H,10,12);3H,1-2H3,(H2,7,13)(H,8,9);3-6H2,1-2H3/b;;;;;11-10+;. The van der Waals surface area contributed by atoms with Crippen molar-refractivity contribution in [1.82, 2.24) is 70.8 Å². The van der Waals surface area contributed by atoms with E-state index in [1.807, 2.05) is 183 Å². The Morgan fingerprint density at radius 3 is 1.48 bits per heavy atom. The molecule has 5 aromatic rings. The monoisotopic (exact) mass is 1630 g/mol. The number of hydrogen-bond donors (Lipinski definition) is 7. The van der Waals surface area contributed by atoms with Crippen molar-refractivity contribution in [2.75, 3.05) is 229 Å². The van der Waals surface area contributed by atoms with Crippen LogP contribution in [0.1, 0.15) is 77.9 Å². The van der Waals surface area contributed by atoms with Crippen LogP contribution in [-0.2, 0) is 55.5 Å². The predicted molar refractivity (Wildman–Crippen MR) is 427 cm³/mol. The van der Waals surface area contributed by atoms with Crippen LogP contribution in [0.2, 0.25) is 0 Å². The van der Waals surface area contributed by atoms with Gasteiger partial charge in [-0.1, -0.05) is 29.5 Å². The molecule has 1 aliphatic heterocycles. The number of carbonyl (C=O) groups excluding carboxylic acids is 2. The lowest BCUT2D eigenvalue weighted by Gasteiger charge is -2.34. The minimum atomic E-state index is -3.40. The number of amides is 2. The van der Waals surface area contributed by atoms with Crippen LogP contribution in [0.15, 0.2) is 65.2 Å². The van der Waals surface area contributed by atoms with E-state index in [2.05, 4.69) is 84.7 Å². The van der Waals surface area contributed by atoms with E-state index in [-0.39, 0.29) is 43.1 Å². The quantitative estimate of drug-likeness (QED) is 0.00589. The van der Waals surface area contributed by atoms with Crippen molar-refractivity contribution in [2.45, 2.75) is 65.0 Å². The molecule has 43 heteroatoms. The first-order valence-corrected chi connectivity index (χ1v) is 40.5. The number of aryl methyl sites for hydroxylation is 1. The average molecular weight is 1640 g/mol. The van der Waals surface area contributed by atoms with Crippen molar-refractivity contribution >= 4 is 139 Å². The highest BCUT2D eigenvalue weighted by Gasteiger charge is 2.34. The lowest BCUT2D eigenvalue weighted by molar-refractivity contribution is -0.137. The van der Waals surface area contributed by atoms with Gasteiger partial charge in [-0.3, -0.25) is 43.2 Å². The number of nitrogens with zero attached hydrogens (tertiary/aromatic N) is 18. The van der Waals surface area contributed by atoms with Crippen LogP contribution in [0.5, 0.6) is 0 Å². The number of carboxylic acids is 1. The van der Waals surface area contributed by atoms with Crippen molar-refractivity contribution < 1.29 is 53.8 Å². The van der Waals surface area contributed by atoms with Crippen molar-refractivity contribution in [3.05, 3.63) is 77.2 Å². The molecule has 36 nitrogen and oxygen atoms in total. The Morgan fingerprint density at radius 1 is 0.679 bits per heavy atom. The number of hydrogen-bond acceptors (Lipinski definition) is 29. The fourth-order valence-electron chi connectivity index (χ4n) is 7.71. The topological polar surface area (TPSA) is 419 Å². The number of carbonyl (C=O) groups is 3. The normalized spacial score (nSPS) is 13.2. The second-order valence-electron chi connectivity index (χ2n) is 24.3. The number of aromatic amines is 1. The third kappa shape index (κ3) is 45.0. The van der Waals surface area contributed by atoms with E-state index in [1.54, 1.807) is 18.8 Å². The number of imidazole rings is 1. The highest BCUT2D eigenvalue weighted by molar-refractivity contribution is 7.86. The molecule has 1 saturated heterocycles. The molecule has 0 bridgehead atoms. The lowest BCUT2D eigenvalue weighted by atomic mass is 10.1. The minimum Gasteiger partial charge on any atom is -0.481 e. The highest BCUT2D eigenvalue weighted by Crippen LogP contribution is 2.48. The molecule has 8 N–H and O–H groups in total. The first kappa shape index (κ1) is 99.1. The third-order valence-corrected chi connectivity index (χ3v) is 17.0. The van der Waals surface area contributed by atoms with Crippen molar-refractivity contribution in [3.63, 3.8) is 0 Å². The molecule has 1 unspecified atom stereocenters. The number of nitrogens with one attached hydrogen (secondary N) is 5. The number of hydrazine groups is 1. The molecule has 1 aliphatic rings. The Labute approximate surface area is 647 Å². The number of aliphatic carboxylic acids is 1. The van der Waals surface area contributed by atoms with Gasteiger partial charge < -0.3 is 60.0 Å². The Balaban J connectivity index is 0.00000122. The maximum atomic E-state index is 12.2. The van der Waals surface area contributed by atoms with Gasteiger partial charge in [0.25, 0.3) is 32.1 Å². The number of primary amides is 1. The summed E-state index contributed by atoms with van der Waals surface area (Å²) < 4.78 is 70.0. The van der Waals surface area contributed by atoms with Crippen molar-refractivity contribution in [1.29, 1.82) is 0 Å². The fraction of sp³-hybridized carbons (Fsp3) is 0.619. The Morgan fingerprint density at radius 2 is 1.12 bits per heavy atom. The van der Waals surface area contributed by atoms with E-state index in [0.29, 0.717) is 104 Å². The molecule has 2 amide bonds. The maximum absolute atomic E-state index is 12.2. The second kappa shape index (κ2) is 53.8. The van der Waals surface area contributed by atoms with Gasteiger partial charge in [0.1, 0.15) is 0 Å². The third-order valence-electron chi connectivity index (χ3n) is 12.8. The molecular weight excluding hydrogens is 1520 g/mol. The molecule has 602 valence electrons. The van der Waals surface area contributed by atoms with Gasteiger partial charge in [-0.05, 0) is 88.4 Å². The van der Waals surface area contributed by atoms with Crippen LogP contribution in [-0.4, -0.2) is 290 Å². The first-order valence-electron chi connectivity index (χ1n) is 33.2. The summed E-state index contributed by atoms with van der Waals surface area (Å²) in [5, 5.41) is 23.2. The van der Waals surface area contributed by atoms with Gasteiger partial charge in [0.2, 0.25) is 35.7 Å². The molecule has 106 heavy (non-hydrogen) atoms. The predicted octanol–water partition coefficient (Wildman–Crippen LogP) is 6.24. The van der Waals surface area contributed by atoms with Crippen molar-refractivity contribution in [3.8, 4) is 0 Å². The van der Waals surface area contributed by atoms with Crippen LogP contribution in [0.4, 0.5) is 47.2 Å². The number of anilines is 7. The zero-order valence-electron chi connectivity index (χ0n) is 64.5. The molecule has 0 spiro atoms. The average Bonchev–Trinajstić information content (AvgIpc) is 1.08. The van der Waals surface area contributed by atoms with Gasteiger partial charge in [-0.2, -0.15) is 46.7 Å². The molecule has 1 atom stereocenters. The summed E-state index contributed by atoms with van der Waals surface area (Å²) in [6, 6.07) is 15.9. The molecule has 2 aromatic carbocycles. The summed E-state index contributed by atoms with van der Waals surface area (Å²) >= 11 is 22.7. The zero-order valence-corrected chi connectivity index (χ0v) is 70.1. The molecule has 1 fully saturated rings. The van der Waals surface area contributed by atoms with E-state index in [0.717, 1.165) is 68.3 Å². The summed E-state index contributed by atoms with van der Waals surface area (Å²) in [7, 11) is 18.5. The van der Waals surface area contributed by atoms with Crippen LogP contribution < -0.4 is 61.3 Å². The van der Waals surface area contributed by atoms with Crippen LogP contribution in [0, 0.1) is 0 Å². The largest absolute Gasteiger partial charge is 0.481 e. The Hall–Kier alpha value is -6.91. The van der Waals surface area contributed by atoms with Gasteiger partial charge >= 0.3 is 13.6 Å². The van der Waals surface area contributed by atoms with Gasteiger partial charge in [-0.25, -0.2) is 14.7 Å². The Bertz CT molecular complexity index is 3360. The molecule has 4 heterocycles. The van der Waals surface area contributed by atoms with E-state index in [4.69, 9.17) is 61.8 Å². The number of halogens is 4. The van der Waals surface area contributed by atoms with Gasteiger partial charge in [0.05, 0.1) is 38.7 Å². The molecule has 0 radical (unpaired) electrons. The maximum Gasteiger partial charge on any atom is 0.343 e. The van der Waals surface area contributed by atoms with E-state index in [1.165, 1.54) is 11.3 Å². The van der Waals surface area contributed by atoms with Gasteiger partial charge in [-0.15, -0.1) is 51.5 Å². The number of H-pyrrole nitrogens is 1. The van der Waals surface area contributed by atoms with E-state index < -0.39 is 39.8 Å². The molecule has 6 rings (SSSR count).